The van der Waals surface area contributed by atoms with E-state index in [1.54, 1.807) is 6.20 Å². The number of imidazole rings is 1. The average Bonchev–Trinajstić information content (AvgIpc) is 3.27. The molecule has 0 aromatic carbocycles. The van der Waals surface area contributed by atoms with Crippen LogP contribution < -0.4 is 5.32 Å². The standard InChI is InChI=1S/C17H21BrN4O/c18-11-6-14-16(19-8-11)22-15(21-14)9-20-17(23)13-7-12(13)10-4-2-1-3-5-10/h6,8,10,12-13H,1-5,7,9H2,(H,20,23)(H,19,21,22). The molecule has 2 aromatic rings. The zero-order valence-electron chi connectivity index (χ0n) is 13.0. The molecule has 0 radical (unpaired) electrons. The van der Waals surface area contributed by atoms with Crippen LogP contribution in [0.4, 0.5) is 0 Å². The molecule has 5 nitrogen and oxygen atoms in total. The van der Waals surface area contributed by atoms with E-state index >= 15 is 0 Å². The Balaban J connectivity index is 1.32. The lowest BCUT2D eigenvalue weighted by atomic mass is 9.85. The minimum atomic E-state index is 0.190. The highest BCUT2D eigenvalue weighted by molar-refractivity contribution is 9.10. The smallest absolute Gasteiger partial charge is 0.223 e. The molecule has 2 fully saturated rings. The zero-order valence-corrected chi connectivity index (χ0v) is 14.6. The number of rotatable bonds is 4. The minimum absolute atomic E-state index is 0.190. The van der Waals surface area contributed by atoms with E-state index in [9.17, 15) is 4.79 Å². The summed E-state index contributed by atoms with van der Waals surface area (Å²) < 4.78 is 0.914. The Bertz CT molecular complexity index is 722. The Labute approximate surface area is 143 Å². The van der Waals surface area contributed by atoms with Crippen LogP contribution in [0.3, 0.4) is 0 Å². The topological polar surface area (TPSA) is 70.7 Å². The van der Waals surface area contributed by atoms with Crippen molar-refractivity contribution in [2.24, 2.45) is 17.8 Å². The first kappa shape index (κ1) is 15.1. The molecular formula is C17H21BrN4O. The number of hydrogen-bond donors (Lipinski definition) is 2. The number of fused-ring (bicyclic) bond motifs is 1. The number of nitrogens with one attached hydrogen (secondary N) is 2. The Morgan fingerprint density at radius 2 is 2.17 bits per heavy atom. The lowest BCUT2D eigenvalue weighted by molar-refractivity contribution is -0.123. The van der Waals surface area contributed by atoms with Crippen LogP contribution >= 0.6 is 15.9 Å². The van der Waals surface area contributed by atoms with E-state index in [4.69, 9.17) is 0 Å². The number of halogens is 1. The van der Waals surface area contributed by atoms with Crippen molar-refractivity contribution in [3.63, 3.8) is 0 Å². The maximum atomic E-state index is 12.3. The summed E-state index contributed by atoms with van der Waals surface area (Å²) in [5.74, 6) is 2.59. The minimum Gasteiger partial charge on any atom is -0.349 e. The normalized spacial score (nSPS) is 24.7. The molecule has 2 N–H and O–H groups in total. The van der Waals surface area contributed by atoms with Gasteiger partial charge in [-0.1, -0.05) is 32.1 Å². The molecule has 2 heterocycles. The van der Waals surface area contributed by atoms with Crippen LogP contribution in [0.2, 0.25) is 0 Å². The maximum absolute atomic E-state index is 12.3. The molecule has 23 heavy (non-hydrogen) atoms. The lowest BCUT2D eigenvalue weighted by Gasteiger charge is -2.21. The first-order valence-electron chi connectivity index (χ1n) is 8.48. The van der Waals surface area contributed by atoms with Crippen molar-refractivity contribution in [2.45, 2.75) is 45.1 Å². The molecule has 0 aliphatic heterocycles. The van der Waals surface area contributed by atoms with E-state index in [1.807, 2.05) is 6.07 Å². The van der Waals surface area contributed by atoms with E-state index in [1.165, 1.54) is 32.1 Å². The second-order valence-electron chi connectivity index (χ2n) is 6.83. The van der Waals surface area contributed by atoms with Gasteiger partial charge in [-0.05, 0) is 40.3 Å². The number of pyridine rings is 1. The molecule has 0 spiro atoms. The van der Waals surface area contributed by atoms with Crippen LogP contribution in [0.5, 0.6) is 0 Å². The summed E-state index contributed by atoms with van der Waals surface area (Å²) >= 11 is 3.40. The third-order valence-corrected chi connectivity index (χ3v) is 5.65. The van der Waals surface area contributed by atoms with E-state index in [2.05, 4.69) is 36.2 Å². The largest absolute Gasteiger partial charge is 0.349 e. The van der Waals surface area contributed by atoms with E-state index in [0.717, 1.165) is 28.2 Å². The van der Waals surface area contributed by atoms with Crippen molar-refractivity contribution in [3.8, 4) is 0 Å². The predicted molar refractivity (Wildman–Crippen MR) is 91.6 cm³/mol. The first-order valence-corrected chi connectivity index (χ1v) is 9.28. The van der Waals surface area contributed by atoms with E-state index < -0.39 is 0 Å². The predicted octanol–water partition coefficient (Wildman–Crippen LogP) is 3.55. The van der Waals surface area contributed by atoms with Gasteiger partial charge in [-0.3, -0.25) is 4.79 Å². The van der Waals surface area contributed by atoms with Crippen molar-refractivity contribution in [2.75, 3.05) is 0 Å². The molecule has 2 saturated carbocycles. The number of amides is 1. The van der Waals surface area contributed by atoms with Crippen molar-refractivity contribution in [1.82, 2.24) is 20.3 Å². The number of carbonyl (C=O) groups excluding carboxylic acids is 1. The molecule has 2 unspecified atom stereocenters. The second kappa shape index (κ2) is 6.23. The summed E-state index contributed by atoms with van der Waals surface area (Å²) in [4.78, 5) is 24.2. The summed E-state index contributed by atoms with van der Waals surface area (Å²) in [5, 5.41) is 3.03. The van der Waals surface area contributed by atoms with Gasteiger partial charge in [0.05, 0.1) is 12.1 Å². The summed E-state index contributed by atoms with van der Waals surface area (Å²) in [7, 11) is 0. The van der Waals surface area contributed by atoms with E-state index in [-0.39, 0.29) is 11.8 Å². The molecule has 2 atom stereocenters. The highest BCUT2D eigenvalue weighted by Gasteiger charge is 2.47. The van der Waals surface area contributed by atoms with Gasteiger partial charge < -0.3 is 10.3 Å². The maximum Gasteiger partial charge on any atom is 0.223 e. The van der Waals surface area contributed by atoms with Gasteiger partial charge in [0.25, 0.3) is 0 Å². The first-order chi connectivity index (χ1) is 11.2. The van der Waals surface area contributed by atoms with Crippen molar-refractivity contribution in [3.05, 3.63) is 22.6 Å². The number of aromatic nitrogens is 3. The molecule has 2 aliphatic rings. The van der Waals surface area contributed by atoms with E-state index in [0.29, 0.717) is 18.1 Å². The zero-order chi connectivity index (χ0) is 15.8. The molecule has 4 rings (SSSR count). The van der Waals surface area contributed by atoms with Crippen molar-refractivity contribution in [1.29, 1.82) is 0 Å². The Morgan fingerprint density at radius 1 is 1.35 bits per heavy atom. The molecular weight excluding hydrogens is 356 g/mol. The molecule has 0 bridgehead atoms. The molecule has 0 saturated heterocycles. The van der Waals surface area contributed by atoms with Crippen molar-refractivity contribution < 1.29 is 4.79 Å². The van der Waals surface area contributed by atoms with Gasteiger partial charge in [0, 0.05) is 16.6 Å². The third-order valence-electron chi connectivity index (χ3n) is 5.22. The Hall–Kier alpha value is -1.43. The number of aromatic amines is 1. The second-order valence-corrected chi connectivity index (χ2v) is 7.75. The Kier molecular flexibility index (Phi) is 4.09. The summed E-state index contributed by atoms with van der Waals surface area (Å²) in [5.41, 5.74) is 1.57. The van der Waals surface area contributed by atoms with Crippen LogP contribution in [0.15, 0.2) is 16.7 Å². The quantitative estimate of drug-likeness (QED) is 0.856. The average molecular weight is 377 g/mol. The SMILES string of the molecule is O=C(NCc1nc2ncc(Br)cc2[nH]1)C1CC1C1CCCCC1. The molecule has 1 amide bonds. The van der Waals surface area contributed by atoms with Crippen molar-refractivity contribution >= 4 is 33.0 Å². The summed E-state index contributed by atoms with van der Waals surface area (Å²) in [6.07, 6.45) is 9.50. The molecule has 6 heteroatoms. The van der Waals surface area contributed by atoms with Crippen LogP contribution in [0, 0.1) is 17.8 Å². The van der Waals surface area contributed by atoms with Crippen LogP contribution in [-0.2, 0) is 11.3 Å². The summed E-state index contributed by atoms with van der Waals surface area (Å²) in [6, 6.07) is 1.95. The van der Waals surface area contributed by atoms with Gasteiger partial charge >= 0.3 is 0 Å². The van der Waals surface area contributed by atoms with Gasteiger partial charge in [-0.2, -0.15) is 0 Å². The summed E-state index contributed by atoms with van der Waals surface area (Å²) in [6.45, 7) is 0.445. The van der Waals surface area contributed by atoms with Crippen LogP contribution in [0.25, 0.3) is 11.2 Å². The number of H-pyrrole nitrogens is 1. The Morgan fingerprint density at radius 3 is 3.00 bits per heavy atom. The fraction of sp³-hybridized carbons (Fsp3) is 0.588. The number of hydrogen-bond acceptors (Lipinski definition) is 3. The lowest BCUT2D eigenvalue weighted by Crippen LogP contribution is -2.26. The van der Waals surface area contributed by atoms with Gasteiger partial charge in [0.15, 0.2) is 5.65 Å². The fourth-order valence-corrected chi connectivity index (χ4v) is 4.24. The highest BCUT2D eigenvalue weighted by atomic mass is 79.9. The highest BCUT2D eigenvalue weighted by Crippen LogP contribution is 2.49. The van der Waals surface area contributed by atoms with Gasteiger partial charge in [-0.25, -0.2) is 9.97 Å². The third kappa shape index (κ3) is 3.27. The number of carbonyl (C=O) groups is 1. The van der Waals surface area contributed by atoms with Gasteiger partial charge in [-0.15, -0.1) is 0 Å². The molecule has 2 aliphatic carbocycles. The van der Waals surface area contributed by atoms with Gasteiger partial charge in [0.2, 0.25) is 5.91 Å². The van der Waals surface area contributed by atoms with Gasteiger partial charge in [0.1, 0.15) is 5.82 Å². The van der Waals surface area contributed by atoms with Crippen LogP contribution in [-0.4, -0.2) is 20.9 Å². The monoisotopic (exact) mass is 376 g/mol. The van der Waals surface area contributed by atoms with Crippen LogP contribution in [0.1, 0.15) is 44.3 Å². The fourth-order valence-electron chi connectivity index (χ4n) is 3.91. The molecule has 2 aromatic heterocycles. The molecule has 122 valence electrons. The number of nitrogens with zero attached hydrogens (tertiary/aromatic N) is 2.